The Bertz CT molecular complexity index is 613. The van der Waals surface area contributed by atoms with E-state index in [1.165, 1.54) is 23.1 Å². The lowest BCUT2D eigenvalue weighted by molar-refractivity contribution is -0.116. The molecule has 0 aliphatic heterocycles. The van der Waals surface area contributed by atoms with Crippen molar-refractivity contribution >= 4 is 57.3 Å². The summed E-state index contributed by atoms with van der Waals surface area (Å²) >= 11 is 15.1. The number of hydrogen-bond acceptors (Lipinski definition) is 5. The minimum Gasteiger partial charge on any atom is -0.301 e. The third-order valence-corrected chi connectivity index (χ3v) is 5.24. The van der Waals surface area contributed by atoms with Gasteiger partial charge in [-0.1, -0.05) is 59.3 Å². The topological polar surface area (TPSA) is 54.9 Å². The highest BCUT2D eigenvalue weighted by Crippen LogP contribution is 2.33. The Labute approximate surface area is 141 Å². The fourth-order valence-corrected chi connectivity index (χ4v) is 4.04. The van der Waals surface area contributed by atoms with Crippen molar-refractivity contribution in [3.8, 4) is 0 Å². The maximum atomic E-state index is 11.5. The van der Waals surface area contributed by atoms with E-state index in [0.717, 1.165) is 16.3 Å². The predicted octanol–water partition coefficient (Wildman–Crippen LogP) is 4.88. The number of hydrogen-bond donors (Lipinski definition) is 1. The highest BCUT2D eigenvalue weighted by molar-refractivity contribution is 8.00. The average Bonchev–Trinajstić information content (AvgIpc) is 2.86. The van der Waals surface area contributed by atoms with Gasteiger partial charge in [0.25, 0.3) is 0 Å². The van der Waals surface area contributed by atoms with Crippen LogP contribution in [0.25, 0.3) is 0 Å². The molecule has 21 heavy (non-hydrogen) atoms. The van der Waals surface area contributed by atoms with Crippen LogP contribution in [-0.4, -0.2) is 16.1 Å². The monoisotopic (exact) mass is 361 g/mol. The van der Waals surface area contributed by atoms with Gasteiger partial charge in [0.15, 0.2) is 4.34 Å². The van der Waals surface area contributed by atoms with Crippen molar-refractivity contribution in [3.63, 3.8) is 0 Å². The summed E-state index contributed by atoms with van der Waals surface area (Å²) in [6.07, 6.45) is 1.29. The second-order valence-electron chi connectivity index (χ2n) is 4.16. The summed E-state index contributed by atoms with van der Waals surface area (Å²) < 4.78 is 0.762. The number of aromatic nitrogens is 2. The quantitative estimate of drug-likeness (QED) is 0.588. The fourth-order valence-electron chi connectivity index (χ4n) is 1.53. The van der Waals surface area contributed by atoms with Crippen LogP contribution in [0.4, 0.5) is 5.13 Å². The molecule has 1 aromatic heterocycles. The molecule has 4 nitrogen and oxygen atoms in total. The number of carbonyl (C=O) groups excluding carboxylic acids is 1. The zero-order chi connectivity index (χ0) is 15.2. The zero-order valence-electron chi connectivity index (χ0n) is 11.2. The van der Waals surface area contributed by atoms with Crippen LogP contribution >= 0.6 is 46.3 Å². The molecule has 2 aromatic rings. The van der Waals surface area contributed by atoms with Crippen LogP contribution in [0.5, 0.6) is 0 Å². The van der Waals surface area contributed by atoms with Crippen molar-refractivity contribution in [2.75, 3.05) is 5.32 Å². The number of halogens is 2. The minimum atomic E-state index is -0.0423. The maximum Gasteiger partial charge on any atom is 0.226 e. The first-order valence-corrected chi connectivity index (χ1v) is 8.85. The van der Waals surface area contributed by atoms with Gasteiger partial charge in [-0.3, -0.25) is 4.79 Å². The summed E-state index contributed by atoms with van der Waals surface area (Å²) in [7, 11) is 0. The van der Waals surface area contributed by atoms with Crippen LogP contribution in [0.1, 0.15) is 25.3 Å². The number of amides is 1. The molecular weight excluding hydrogens is 349 g/mol. The molecule has 0 atom stereocenters. The zero-order valence-corrected chi connectivity index (χ0v) is 14.4. The van der Waals surface area contributed by atoms with E-state index in [4.69, 9.17) is 23.2 Å². The number of anilines is 1. The van der Waals surface area contributed by atoms with Crippen molar-refractivity contribution in [1.29, 1.82) is 0 Å². The third-order valence-electron chi connectivity index (χ3n) is 2.53. The molecule has 1 amide bonds. The van der Waals surface area contributed by atoms with Gasteiger partial charge in [0, 0.05) is 22.2 Å². The molecule has 8 heteroatoms. The molecule has 0 unspecified atom stereocenters. The van der Waals surface area contributed by atoms with E-state index in [0.29, 0.717) is 27.4 Å². The number of nitrogens with one attached hydrogen (secondary N) is 1. The van der Waals surface area contributed by atoms with Crippen molar-refractivity contribution in [1.82, 2.24) is 10.2 Å². The molecule has 1 aromatic carbocycles. The van der Waals surface area contributed by atoms with Gasteiger partial charge in [0.2, 0.25) is 11.0 Å². The van der Waals surface area contributed by atoms with Crippen LogP contribution in [0.15, 0.2) is 22.5 Å². The molecule has 0 aliphatic rings. The van der Waals surface area contributed by atoms with E-state index in [-0.39, 0.29) is 5.91 Å². The molecule has 0 aliphatic carbocycles. The summed E-state index contributed by atoms with van der Waals surface area (Å²) in [6, 6.07) is 5.42. The summed E-state index contributed by atoms with van der Waals surface area (Å²) in [5.41, 5.74) is 0.873. The third kappa shape index (κ3) is 4.85. The van der Waals surface area contributed by atoms with E-state index in [1.54, 1.807) is 12.1 Å². The number of benzene rings is 1. The Hall–Kier alpha value is -0.820. The van der Waals surface area contributed by atoms with Gasteiger partial charge in [0.05, 0.1) is 0 Å². The van der Waals surface area contributed by atoms with Gasteiger partial charge >= 0.3 is 0 Å². The molecule has 0 saturated carbocycles. The Morgan fingerprint density at radius 2 is 2.05 bits per heavy atom. The van der Waals surface area contributed by atoms with Crippen LogP contribution in [-0.2, 0) is 10.5 Å². The van der Waals surface area contributed by atoms with E-state index in [2.05, 4.69) is 15.5 Å². The summed E-state index contributed by atoms with van der Waals surface area (Å²) in [5.74, 6) is 0.565. The molecule has 1 heterocycles. The van der Waals surface area contributed by atoms with E-state index in [9.17, 15) is 4.79 Å². The highest BCUT2D eigenvalue weighted by Gasteiger charge is 2.10. The van der Waals surface area contributed by atoms with Crippen LogP contribution in [0.3, 0.4) is 0 Å². The average molecular weight is 362 g/mol. The molecule has 1 N–H and O–H groups in total. The predicted molar refractivity (Wildman–Crippen MR) is 89.5 cm³/mol. The van der Waals surface area contributed by atoms with Crippen LogP contribution in [0, 0.1) is 0 Å². The van der Waals surface area contributed by atoms with E-state index < -0.39 is 0 Å². The molecule has 2 rings (SSSR count). The van der Waals surface area contributed by atoms with Crippen molar-refractivity contribution in [2.45, 2.75) is 29.9 Å². The number of nitrogens with zero attached hydrogens (tertiary/aromatic N) is 2. The molecule has 0 spiro atoms. The Kier molecular flexibility index (Phi) is 6.29. The molecule has 0 bridgehead atoms. The van der Waals surface area contributed by atoms with Crippen molar-refractivity contribution in [2.24, 2.45) is 0 Å². The second kappa shape index (κ2) is 7.98. The number of rotatable bonds is 6. The smallest absolute Gasteiger partial charge is 0.226 e. The second-order valence-corrected chi connectivity index (χ2v) is 7.17. The lowest BCUT2D eigenvalue weighted by atomic mass is 10.2. The molecular formula is C13H13Cl2N3OS2. The lowest BCUT2D eigenvalue weighted by Crippen LogP contribution is -2.10. The van der Waals surface area contributed by atoms with Gasteiger partial charge in [-0.05, 0) is 24.1 Å². The SMILES string of the molecule is CCCC(=O)Nc1nnc(SCc2c(Cl)cccc2Cl)s1. The fraction of sp³-hybridized carbons (Fsp3) is 0.308. The normalized spacial score (nSPS) is 10.6. The van der Waals surface area contributed by atoms with Crippen molar-refractivity contribution < 1.29 is 4.79 Å². The Morgan fingerprint density at radius 1 is 1.33 bits per heavy atom. The van der Waals surface area contributed by atoms with Gasteiger partial charge in [-0.15, -0.1) is 10.2 Å². The summed E-state index contributed by atoms with van der Waals surface area (Å²) in [4.78, 5) is 11.5. The van der Waals surface area contributed by atoms with Crippen LogP contribution < -0.4 is 5.32 Å². The first-order chi connectivity index (χ1) is 10.1. The number of carbonyl (C=O) groups is 1. The summed E-state index contributed by atoms with van der Waals surface area (Å²) in [5, 5.41) is 12.5. The molecule has 0 radical (unpaired) electrons. The first kappa shape index (κ1) is 16.5. The van der Waals surface area contributed by atoms with Gasteiger partial charge in [0.1, 0.15) is 0 Å². The molecule has 0 fully saturated rings. The first-order valence-electron chi connectivity index (χ1n) is 6.29. The van der Waals surface area contributed by atoms with Gasteiger partial charge < -0.3 is 5.32 Å². The standard InChI is InChI=1S/C13H13Cl2N3OS2/c1-2-4-11(19)16-12-17-18-13(21-12)20-7-8-9(14)5-3-6-10(8)15/h3,5-6H,2,4,7H2,1H3,(H,16,17,19). The van der Waals surface area contributed by atoms with Gasteiger partial charge in [-0.25, -0.2) is 0 Å². The Balaban J connectivity index is 1.95. The largest absolute Gasteiger partial charge is 0.301 e. The summed E-state index contributed by atoms with van der Waals surface area (Å²) in [6.45, 7) is 1.95. The highest BCUT2D eigenvalue weighted by atomic mass is 35.5. The van der Waals surface area contributed by atoms with Gasteiger partial charge in [-0.2, -0.15) is 0 Å². The molecule has 0 saturated heterocycles. The Morgan fingerprint density at radius 3 is 2.71 bits per heavy atom. The number of thioether (sulfide) groups is 1. The lowest BCUT2D eigenvalue weighted by Gasteiger charge is -2.04. The van der Waals surface area contributed by atoms with E-state index in [1.807, 2.05) is 13.0 Å². The molecule has 112 valence electrons. The minimum absolute atomic E-state index is 0.0423. The maximum absolute atomic E-state index is 11.5. The van der Waals surface area contributed by atoms with E-state index >= 15 is 0 Å². The van der Waals surface area contributed by atoms with Crippen LogP contribution in [0.2, 0.25) is 10.0 Å². The van der Waals surface area contributed by atoms with Crippen molar-refractivity contribution in [3.05, 3.63) is 33.8 Å².